The molecule has 0 bridgehead atoms. The smallest absolute Gasteiger partial charge is 0.256 e. The minimum atomic E-state index is -0.272. The number of nitrogens with one attached hydrogen (secondary N) is 1. The van der Waals surface area contributed by atoms with Gasteiger partial charge >= 0.3 is 0 Å². The number of carbonyl (C=O) groups excluding carboxylic acids is 1. The van der Waals surface area contributed by atoms with Crippen LogP contribution in [0.1, 0.15) is 30.6 Å². The maximum Gasteiger partial charge on any atom is 0.256 e. The molecule has 1 atom stereocenters. The Hall–Kier alpha value is -1.01. The minimum absolute atomic E-state index is 0.261. The van der Waals surface area contributed by atoms with Crippen molar-refractivity contribution in [2.75, 3.05) is 40.0 Å². The van der Waals surface area contributed by atoms with E-state index in [1.165, 1.54) is 7.11 Å². The molecule has 1 unspecified atom stereocenters. The van der Waals surface area contributed by atoms with E-state index in [-0.39, 0.29) is 17.5 Å². The highest BCUT2D eigenvalue weighted by Crippen LogP contribution is 2.33. The molecule has 1 amide bonds. The van der Waals surface area contributed by atoms with Gasteiger partial charge in [0, 0.05) is 25.7 Å². The third-order valence-corrected chi connectivity index (χ3v) is 4.91. The molecule has 1 aromatic carbocycles. The molecule has 7 heteroatoms. The van der Waals surface area contributed by atoms with Crippen molar-refractivity contribution in [1.82, 2.24) is 10.2 Å². The van der Waals surface area contributed by atoms with Gasteiger partial charge in [0.05, 0.1) is 30.4 Å². The van der Waals surface area contributed by atoms with Crippen LogP contribution in [0.4, 0.5) is 0 Å². The summed E-state index contributed by atoms with van der Waals surface area (Å²) in [5, 5.41) is 3.69. The van der Waals surface area contributed by atoms with Crippen molar-refractivity contribution >= 4 is 29.1 Å². The van der Waals surface area contributed by atoms with Crippen LogP contribution in [0.5, 0.6) is 5.75 Å². The molecule has 5 nitrogen and oxygen atoms in total. The van der Waals surface area contributed by atoms with Crippen molar-refractivity contribution < 1.29 is 14.3 Å². The van der Waals surface area contributed by atoms with Crippen molar-refractivity contribution in [1.29, 1.82) is 0 Å². The van der Waals surface area contributed by atoms with Crippen molar-refractivity contribution in [3.05, 3.63) is 27.7 Å². The predicted octanol–water partition coefficient (Wildman–Crippen LogP) is 3.48. The molecule has 2 rings (SSSR count). The molecule has 0 radical (unpaired) electrons. The van der Waals surface area contributed by atoms with Gasteiger partial charge in [0.1, 0.15) is 5.56 Å². The average molecular weight is 389 g/mol. The van der Waals surface area contributed by atoms with Gasteiger partial charge in [-0.15, -0.1) is 0 Å². The first kappa shape index (κ1) is 20.3. The lowest BCUT2D eigenvalue weighted by molar-refractivity contribution is 0.0124. The topological polar surface area (TPSA) is 50.8 Å². The number of ether oxygens (including phenoxy) is 2. The Kier molecular flexibility index (Phi) is 7.81. The van der Waals surface area contributed by atoms with E-state index in [1.807, 2.05) is 0 Å². The Morgan fingerprint density at radius 3 is 2.52 bits per heavy atom. The summed E-state index contributed by atoms with van der Waals surface area (Å²) in [4.78, 5) is 15.1. The number of hydrogen-bond acceptors (Lipinski definition) is 4. The standard InChI is InChI=1S/C18H26Cl2N2O3/c1-12(2)10-13(22-6-8-25-9-7-22)11-21-18(23)16-14(19)4-5-15(20)17(16)24-3/h4-5,12-13H,6-11H2,1-3H3,(H,21,23). The number of amides is 1. The molecule has 1 heterocycles. The lowest BCUT2D eigenvalue weighted by atomic mass is 10.0. The van der Waals surface area contributed by atoms with Crippen molar-refractivity contribution in [3.63, 3.8) is 0 Å². The lowest BCUT2D eigenvalue weighted by Crippen LogP contribution is -2.49. The van der Waals surface area contributed by atoms with Crippen LogP contribution in [0.3, 0.4) is 0 Å². The van der Waals surface area contributed by atoms with Crippen molar-refractivity contribution in [3.8, 4) is 5.75 Å². The number of carbonyl (C=O) groups is 1. The number of morpholine rings is 1. The summed E-state index contributed by atoms with van der Waals surface area (Å²) in [5.41, 5.74) is 0.280. The summed E-state index contributed by atoms with van der Waals surface area (Å²) in [5.74, 6) is 0.568. The second-order valence-corrected chi connectivity index (χ2v) is 7.39. The Morgan fingerprint density at radius 1 is 1.28 bits per heavy atom. The van der Waals surface area contributed by atoms with E-state index in [0.29, 0.717) is 28.3 Å². The van der Waals surface area contributed by atoms with Crippen LogP contribution in [0.2, 0.25) is 10.0 Å². The molecular weight excluding hydrogens is 363 g/mol. The van der Waals surface area contributed by atoms with Gasteiger partial charge < -0.3 is 14.8 Å². The third kappa shape index (κ3) is 5.48. The molecule has 25 heavy (non-hydrogen) atoms. The van der Waals surface area contributed by atoms with Gasteiger partial charge in [-0.2, -0.15) is 0 Å². The van der Waals surface area contributed by atoms with Gasteiger partial charge in [-0.05, 0) is 24.5 Å². The normalized spacial score (nSPS) is 16.7. The number of rotatable bonds is 7. The number of hydrogen-bond donors (Lipinski definition) is 1. The van der Waals surface area contributed by atoms with Crippen LogP contribution in [-0.2, 0) is 4.74 Å². The average Bonchev–Trinajstić information content (AvgIpc) is 2.60. The first-order valence-electron chi connectivity index (χ1n) is 8.56. The zero-order valence-corrected chi connectivity index (χ0v) is 16.5. The second kappa shape index (κ2) is 9.62. The van der Waals surface area contributed by atoms with Crippen LogP contribution in [0, 0.1) is 5.92 Å². The summed E-state index contributed by atoms with van der Waals surface area (Å²) < 4.78 is 10.7. The zero-order valence-electron chi connectivity index (χ0n) is 15.0. The fourth-order valence-electron chi connectivity index (χ4n) is 3.09. The van der Waals surface area contributed by atoms with Gasteiger partial charge in [0.2, 0.25) is 0 Å². The maximum atomic E-state index is 12.7. The van der Waals surface area contributed by atoms with E-state index in [4.69, 9.17) is 32.7 Å². The Morgan fingerprint density at radius 2 is 1.92 bits per heavy atom. The van der Waals surface area contributed by atoms with Crippen LogP contribution in [0.15, 0.2) is 12.1 Å². The minimum Gasteiger partial charge on any atom is -0.494 e. The molecule has 0 spiro atoms. The first-order valence-corrected chi connectivity index (χ1v) is 9.31. The van der Waals surface area contributed by atoms with Gasteiger partial charge in [-0.25, -0.2) is 0 Å². The molecule has 1 N–H and O–H groups in total. The largest absolute Gasteiger partial charge is 0.494 e. The summed E-state index contributed by atoms with van der Waals surface area (Å²) in [6.45, 7) is 8.15. The second-order valence-electron chi connectivity index (χ2n) is 6.58. The SMILES string of the molecule is COc1c(Cl)ccc(Cl)c1C(=O)NCC(CC(C)C)N1CCOCC1. The van der Waals surface area contributed by atoms with E-state index < -0.39 is 0 Å². The highest BCUT2D eigenvalue weighted by atomic mass is 35.5. The monoisotopic (exact) mass is 388 g/mol. The van der Waals surface area contributed by atoms with Crippen LogP contribution < -0.4 is 10.1 Å². The Labute approximate surface area is 159 Å². The van der Waals surface area contributed by atoms with Gasteiger partial charge in [0.15, 0.2) is 5.75 Å². The number of methoxy groups -OCH3 is 1. The molecule has 140 valence electrons. The molecule has 1 saturated heterocycles. The van der Waals surface area contributed by atoms with Crippen LogP contribution in [-0.4, -0.2) is 56.8 Å². The number of benzene rings is 1. The molecule has 1 fully saturated rings. The van der Waals surface area contributed by atoms with Crippen molar-refractivity contribution in [2.45, 2.75) is 26.3 Å². The highest BCUT2D eigenvalue weighted by Gasteiger charge is 2.24. The van der Waals surface area contributed by atoms with E-state index in [2.05, 4.69) is 24.1 Å². The van der Waals surface area contributed by atoms with Crippen LogP contribution in [0.25, 0.3) is 0 Å². The molecule has 0 aliphatic carbocycles. The quantitative estimate of drug-likeness (QED) is 0.776. The zero-order chi connectivity index (χ0) is 18.4. The molecule has 1 aliphatic rings. The van der Waals surface area contributed by atoms with E-state index in [1.54, 1.807) is 12.1 Å². The Bertz CT molecular complexity index is 590. The first-order chi connectivity index (χ1) is 11.9. The van der Waals surface area contributed by atoms with E-state index >= 15 is 0 Å². The molecule has 0 saturated carbocycles. The summed E-state index contributed by atoms with van der Waals surface area (Å²) in [7, 11) is 1.48. The molecule has 1 aromatic rings. The maximum absolute atomic E-state index is 12.7. The summed E-state index contributed by atoms with van der Waals surface area (Å²) in [6.07, 6.45) is 1.00. The van der Waals surface area contributed by atoms with Crippen LogP contribution >= 0.6 is 23.2 Å². The third-order valence-electron chi connectivity index (χ3n) is 4.29. The lowest BCUT2D eigenvalue weighted by Gasteiger charge is -2.35. The fourth-order valence-corrected chi connectivity index (χ4v) is 3.56. The fraction of sp³-hybridized carbons (Fsp3) is 0.611. The van der Waals surface area contributed by atoms with Gasteiger partial charge in [-0.1, -0.05) is 37.0 Å². The Balaban J connectivity index is 2.09. The van der Waals surface area contributed by atoms with Gasteiger partial charge in [-0.3, -0.25) is 9.69 Å². The predicted molar refractivity (Wildman–Crippen MR) is 101 cm³/mol. The number of nitrogens with zero attached hydrogens (tertiary/aromatic N) is 1. The van der Waals surface area contributed by atoms with Crippen molar-refractivity contribution in [2.24, 2.45) is 5.92 Å². The molecule has 1 aliphatic heterocycles. The molecular formula is C18H26Cl2N2O3. The highest BCUT2D eigenvalue weighted by molar-refractivity contribution is 6.37. The van der Waals surface area contributed by atoms with Gasteiger partial charge in [0.25, 0.3) is 5.91 Å². The summed E-state index contributed by atoms with van der Waals surface area (Å²) in [6, 6.07) is 3.49. The summed E-state index contributed by atoms with van der Waals surface area (Å²) >= 11 is 12.3. The molecule has 0 aromatic heterocycles. The van der Waals surface area contributed by atoms with E-state index in [0.717, 1.165) is 32.7 Å². The number of halogens is 2. The van der Waals surface area contributed by atoms with E-state index in [9.17, 15) is 4.79 Å².